The van der Waals surface area contributed by atoms with Crippen molar-refractivity contribution < 1.29 is 23.9 Å². The standard InChI is InChI=1S/C39H33N3O5/c1-3-20-47-34-15-14-25(22-35(34)46-2)21-33-37(43)40-39(45)42(38(33)44)28-23-31-29(26-10-6-4-7-11-26)16-18-41-19-17-30(32(24-28)36(31)41)27-12-8-5-9-13-27/h1,4-15,21-24,29-30H,16-20H2,2H3,(H,40,43,45)/b33-21+/t29-,30+. The maximum atomic E-state index is 14.2. The fraction of sp³-hybridized carbons (Fsp3) is 0.205. The van der Waals surface area contributed by atoms with E-state index in [1.54, 1.807) is 18.2 Å². The quantitative estimate of drug-likeness (QED) is 0.149. The highest BCUT2D eigenvalue weighted by atomic mass is 16.5. The zero-order valence-corrected chi connectivity index (χ0v) is 25.9. The summed E-state index contributed by atoms with van der Waals surface area (Å²) in [7, 11) is 1.49. The normalized spacial score (nSPS) is 19.6. The lowest BCUT2D eigenvalue weighted by atomic mass is 9.76. The van der Waals surface area contributed by atoms with E-state index in [2.05, 4.69) is 40.4 Å². The number of ether oxygens (including phenoxy) is 2. The number of methoxy groups -OCH3 is 1. The van der Waals surface area contributed by atoms with Crippen LogP contribution >= 0.6 is 0 Å². The lowest BCUT2D eigenvalue weighted by molar-refractivity contribution is -0.122. The van der Waals surface area contributed by atoms with Gasteiger partial charge in [0.25, 0.3) is 11.8 Å². The molecular formula is C39H33N3O5. The molecule has 1 N–H and O–H groups in total. The van der Waals surface area contributed by atoms with Crippen LogP contribution in [0.4, 0.5) is 16.2 Å². The lowest BCUT2D eigenvalue weighted by Crippen LogP contribution is -2.54. The molecule has 1 saturated heterocycles. The molecule has 0 unspecified atom stereocenters. The summed E-state index contributed by atoms with van der Waals surface area (Å²) in [4.78, 5) is 44.3. The molecular weight excluding hydrogens is 590 g/mol. The van der Waals surface area contributed by atoms with E-state index in [1.807, 2.05) is 48.5 Å². The molecule has 3 heterocycles. The van der Waals surface area contributed by atoms with Crippen molar-refractivity contribution in [3.63, 3.8) is 0 Å². The maximum Gasteiger partial charge on any atom is 0.335 e. The van der Waals surface area contributed by atoms with Gasteiger partial charge in [-0.3, -0.25) is 14.9 Å². The van der Waals surface area contributed by atoms with Crippen molar-refractivity contribution in [3.05, 3.63) is 124 Å². The first-order valence-corrected chi connectivity index (χ1v) is 15.6. The Kier molecular flexibility index (Phi) is 7.96. The Hall–Kier alpha value is -5.81. The highest BCUT2D eigenvalue weighted by Crippen LogP contribution is 2.50. The number of terminal acetylenes is 1. The predicted molar refractivity (Wildman–Crippen MR) is 181 cm³/mol. The molecule has 0 spiro atoms. The van der Waals surface area contributed by atoms with Crippen LogP contribution in [0.15, 0.2) is 96.6 Å². The largest absolute Gasteiger partial charge is 0.493 e. The van der Waals surface area contributed by atoms with Crippen LogP contribution in [0.5, 0.6) is 11.5 Å². The minimum absolute atomic E-state index is 0.0611. The van der Waals surface area contributed by atoms with Crippen molar-refractivity contribution in [1.29, 1.82) is 0 Å². The van der Waals surface area contributed by atoms with Crippen molar-refractivity contribution in [1.82, 2.24) is 5.32 Å². The van der Waals surface area contributed by atoms with Gasteiger partial charge in [0.15, 0.2) is 11.5 Å². The average Bonchev–Trinajstić information content (AvgIpc) is 3.10. The van der Waals surface area contributed by atoms with E-state index in [9.17, 15) is 14.4 Å². The minimum Gasteiger partial charge on any atom is -0.493 e. The highest BCUT2D eigenvalue weighted by Gasteiger charge is 2.40. The van der Waals surface area contributed by atoms with E-state index in [-0.39, 0.29) is 24.0 Å². The van der Waals surface area contributed by atoms with Gasteiger partial charge in [-0.1, -0.05) is 72.7 Å². The molecule has 3 aliphatic rings. The summed E-state index contributed by atoms with van der Waals surface area (Å²) < 4.78 is 11.0. The first kappa shape index (κ1) is 29.9. The van der Waals surface area contributed by atoms with Crippen LogP contribution in [0.1, 0.15) is 52.5 Å². The number of urea groups is 1. The molecule has 0 saturated carbocycles. The van der Waals surface area contributed by atoms with Gasteiger partial charge in [0.05, 0.1) is 12.8 Å². The summed E-state index contributed by atoms with van der Waals surface area (Å²) in [5, 5.41) is 2.39. The van der Waals surface area contributed by atoms with Crippen LogP contribution < -0.4 is 24.6 Å². The summed E-state index contributed by atoms with van der Waals surface area (Å²) in [6, 6.07) is 28.8. The van der Waals surface area contributed by atoms with E-state index in [0.717, 1.165) is 42.0 Å². The van der Waals surface area contributed by atoms with Crippen LogP contribution in [-0.4, -0.2) is 44.7 Å². The molecule has 4 aromatic carbocycles. The number of nitrogens with zero attached hydrogens (tertiary/aromatic N) is 2. The monoisotopic (exact) mass is 623 g/mol. The van der Waals surface area contributed by atoms with Gasteiger partial charge in [0, 0.05) is 30.6 Å². The molecule has 234 valence electrons. The van der Waals surface area contributed by atoms with Gasteiger partial charge >= 0.3 is 6.03 Å². The Morgan fingerprint density at radius 1 is 0.851 bits per heavy atom. The fourth-order valence-corrected chi connectivity index (χ4v) is 7.04. The van der Waals surface area contributed by atoms with Gasteiger partial charge in [0.1, 0.15) is 12.2 Å². The van der Waals surface area contributed by atoms with E-state index in [1.165, 1.54) is 30.0 Å². The first-order chi connectivity index (χ1) is 23.0. The summed E-state index contributed by atoms with van der Waals surface area (Å²) in [6.45, 7) is 1.90. The van der Waals surface area contributed by atoms with Gasteiger partial charge in [-0.25, -0.2) is 9.69 Å². The highest BCUT2D eigenvalue weighted by molar-refractivity contribution is 6.39. The summed E-state index contributed by atoms with van der Waals surface area (Å²) in [6.07, 6.45) is 8.59. The number of anilines is 2. The average molecular weight is 624 g/mol. The zero-order chi connectivity index (χ0) is 32.5. The minimum atomic E-state index is -0.782. The second-order valence-electron chi connectivity index (χ2n) is 11.8. The molecule has 4 aromatic rings. The van der Waals surface area contributed by atoms with Gasteiger partial charge in [0.2, 0.25) is 0 Å². The fourth-order valence-electron chi connectivity index (χ4n) is 7.04. The Morgan fingerprint density at radius 2 is 1.47 bits per heavy atom. The number of nitrogens with one attached hydrogen (secondary N) is 1. The van der Waals surface area contributed by atoms with E-state index >= 15 is 0 Å². The molecule has 8 heteroatoms. The number of benzene rings is 4. The van der Waals surface area contributed by atoms with Gasteiger partial charge in [-0.15, -0.1) is 6.42 Å². The molecule has 7 rings (SSSR count). The predicted octanol–water partition coefficient (Wildman–Crippen LogP) is 6.25. The second kappa shape index (κ2) is 12.5. The van der Waals surface area contributed by atoms with Crippen LogP contribution in [0.3, 0.4) is 0 Å². The number of carbonyl (C=O) groups is 3. The first-order valence-electron chi connectivity index (χ1n) is 15.6. The lowest BCUT2D eigenvalue weighted by Gasteiger charge is -2.44. The van der Waals surface area contributed by atoms with Gasteiger partial charge < -0.3 is 14.4 Å². The molecule has 0 aliphatic carbocycles. The van der Waals surface area contributed by atoms with Crippen molar-refractivity contribution >= 4 is 35.3 Å². The summed E-state index contributed by atoms with van der Waals surface area (Å²) >= 11 is 0. The summed E-state index contributed by atoms with van der Waals surface area (Å²) in [5.41, 5.74) is 6.47. The van der Waals surface area contributed by atoms with Crippen LogP contribution in [-0.2, 0) is 9.59 Å². The van der Waals surface area contributed by atoms with Gasteiger partial charge in [-0.05, 0) is 71.0 Å². The molecule has 2 atom stereocenters. The zero-order valence-electron chi connectivity index (χ0n) is 25.9. The number of hydrogen-bond donors (Lipinski definition) is 1. The molecule has 0 radical (unpaired) electrons. The molecule has 0 aromatic heterocycles. The van der Waals surface area contributed by atoms with E-state index < -0.39 is 17.8 Å². The summed E-state index contributed by atoms with van der Waals surface area (Å²) in [5.74, 6) is 1.93. The van der Waals surface area contributed by atoms with Crippen molar-refractivity contribution in [2.45, 2.75) is 24.7 Å². The third kappa shape index (κ3) is 5.50. The Balaban J connectivity index is 1.34. The maximum absolute atomic E-state index is 14.2. The Bertz CT molecular complexity index is 1870. The SMILES string of the molecule is C#CCOc1ccc(/C=C2\C(=O)NC(=O)N(c3cc4c5c(c3)[C@H](c3ccccc3)CCN5CC[C@@H]4c3ccccc3)C2=O)cc1OC. The van der Waals surface area contributed by atoms with Gasteiger partial charge in [-0.2, -0.15) is 0 Å². The van der Waals surface area contributed by atoms with E-state index in [0.29, 0.717) is 22.7 Å². The number of imide groups is 2. The van der Waals surface area contributed by atoms with Crippen molar-refractivity contribution in [3.8, 4) is 23.8 Å². The van der Waals surface area contributed by atoms with Crippen LogP contribution in [0, 0.1) is 12.3 Å². The van der Waals surface area contributed by atoms with Crippen LogP contribution in [0.25, 0.3) is 6.08 Å². The molecule has 47 heavy (non-hydrogen) atoms. The smallest absolute Gasteiger partial charge is 0.335 e. The molecule has 8 nitrogen and oxygen atoms in total. The third-order valence-electron chi connectivity index (χ3n) is 9.17. The third-order valence-corrected chi connectivity index (χ3v) is 9.17. The number of rotatable bonds is 7. The van der Waals surface area contributed by atoms with Crippen LogP contribution in [0.2, 0.25) is 0 Å². The Morgan fingerprint density at radius 3 is 2.04 bits per heavy atom. The number of barbiturate groups is 1. The molecule has 3 aliphatic heterocycles. The van der Waals surface area contributed by atoms with E-state index in [4.69, 9.17) is 15.9 Å². The molecule has 1 fully saturated rings. The Labute approximate surface area is 273 Å². The van der Waals surface area contributed by atoms with Crippen molar-refractivity contribution in [2.75, 3.05) is 36.6 Å². The number of amides is 4. The number of carbonyl (C=O) groups excluding carboxylic acids is 3. The topological polar surface area (TPSA) is 88.2 Å². The number of hydrogen-bond acceptors (Lipinski definition) is 6. The van der Waals surface area contributed by atoms with Crippen molar-refractivity contribution in [2.24, 2.45) is 0 Å². The molecule has 4 amide bonds. The molecule has 0 bridgehead atoms. The second-order valence-corrected chi connectivity index (χ2v) is 11.8.